The summed E-state index contributed by atoms with van der Waals surface area (Å²) in [5, 5.41) is 7.36. The van der Waals surface area contributed by atoms with Gasteiger partial charge >= 0.3 is 0 Å². The van der Waals surface area contributed by atoms with Crippen molar-refractivity contribution in [3.8, 4) is 5.69 Å². The zero-order valence-corrected chi connectivity index (χ0v) is 17.8. The molecule has 156 valence electrons. The van der Waals surface area contributed by atoms with E-state index in [-0.39, 0.29) is 17.7 Å². The van der Waals surface area contributed by atoms with Gasteiger partial charge in [-0.1, -0.05) is 29.4 Å². The van der Waals surface area contributed by atoms with Crippen molar-refractivity contribution in [1.29, 1.82) is 0 Å². The van der Waals surface area contributed by atoms with Crippen LogP contribution in [0, 0.1) is 0 Å². The van der Waals surface area contributed by atoms with Gasteiger partial charge in [0.1, 0.15) is 23.3 Å². The maximum atomic E-state index is 13.1. The number of furan rings is 2. The number of amides is 1. The lowest BCUT2D eigenvalue weighted by molar-refractivity contribution is -0.130. The molecule has 3 aromatic heterocycles. The van der Waals surface area contributed by atoms with Gasteiger partial charge in [0.2, 0.25) is 0 Å². The van der Waals surface area contributed by atoms with Crippen molar-refractivity contribution in [2.45, 2.75) is 17.6 Å². The summed E-state index contributed by atoms with van der Waals surface area (Å²) in [5.41, 5.74) is 1.60. The monoisotopic (exact) mass is 452 g/mol. The second-order valence-corrected chi connectivity index (χ2v) is 8.22. The molecule has 1 aliphatic rings. The van der Waals surface area contributed by atoms with E-state index in [0.717, 1.165) is 5.69 Å². The maximum Gasteiger partial charge on any atom is 0.253 e. The van der Waals surface area contributed by atoms with Gasteiger partial charge in [0.15, 0.2) is 5.16 Å². The van der Waals surface area contributed by atoms with E-state index < -0.39 is 0 Å². The van der Waals surface area contributed by atoms with Crippen molar-refractivity contribution < 1.29 is 13.6 Å². The Morgan fingerprint density at radius 1 is 1.16 bits per heavy atom. The van der Waals surface area contributed by atoms with E-state index in [9.17, 15) is 4.79 Å². The molecule has 0 bridgehead atoms. The predicted molar refractivity (Wildman–Crippen MR) is 117 cm³/mol. The van der Waals surface area contributed by atoms with E-state index in [1.54, 1.807) is 30.9 Å². The van der Waals surface area contributed by atoms with Gasteiger partial charge in [0.05, 0.1) is 18.3 Å². The van der Waals surface area contributed by atoms with Crippen LogP contribution in [0.1, 0.15) is 24.0 Å². The highest BCUT2D eigenvalue weighted by molar-refractivity contribution is 7.99. The van der Waals surface area contributed by atoms with Crippen LogP contribution in [0.2, 0.25) is 5.02 Å². The zero-order valence-electron chi connectivity index (χ0n) is 16.2. The molecule has 0 aliphatic carbocycles. The van der Waals surface area contributed by atoms with Crippen LogP contribution in [-0.2, 0) is 4.79 Å². The van der Waals surface area contributed by atoms with Gasteiger partial charge in [-0.05, 0) is 42.5 Å². The van der Waals surface area contributed by atoms with Gasteiger partial charge in [0, 0.05) is 29.5 Å². The Labute approximate surface area is 187 Å². The van der Waals surface area contributed by atoms with Crippen LogP contribution in [0.25, 0.3) is 5.69 Å². The highest BCUT2D eigenvalue weighted by Gasteiger charge is 2.35. The second-order valence-electron chi connectivity index (χ2n) is 6.85. The van der Waals surface area contributed by atoms with Crippen LogP contribution in [0.4, 0.5) is 0 Å². The van der Waals surface area contributed by atoms with Crippen LogP contribution in [0.5, 0.6) is 0 Å². The normalized spacial score (nSPS) is 16.0. The summed E-state index contributed by atoms with van der Waals surface area (Å²) in [4.78, 5) is 17.5. The molecule has 1 amide bonds. The molecule has 1 aromatic carbocycles. The molecule has 0 saturated heterocycles. The summed E-state index contributed by atoms with van der Waals surface area (Å²) < 4.78 is 12.9. The second kappa shape index (κ2) is 8.49. The molecule has 31 heavy (non-hydrogen) atoms. The van der Waals surface area contributed by atoms with Gasteiger partial charge < -0.3 is 8.83 Å². The third kappa shape index (κ3) is 4.04. The van der Waals surface area contributed by atoms with Gasteiger partial charge in [-0.15, -0.1) is 0 Å². The highest BCUT2D eigenvalue weighted by atomic mass is 35.5. The molecule has 7 nitrogen and oxygen atoms in total. The van der Waals surface area contributed by atoms with E-state index in [4.69, 9.17) is 20.4 Å². The van der Waals surface area contributed by atoms with E-state index in [1.165, 1.54) is 16.8 Å². The number of carbonyl (C=O) groups is 1. The number of aromatic nitrogens is 2. The van der Waals surface area contributed by atoms with Crippen LogP contribution in [-0.4, -0.2) is 31.9 Å². The first-order valence-corrected chi connectivity index (χ1v) is 10.9. The summed E-state index contributed by atoms with van der Waals surface area (Å²) in [6.07, 6.45) is 7.25. The Morgan fingerprint density at radius 3 is 2.81 bits per heavy atom. The fraction of sp³-hybridized carbons (Fsp3) is 0.136. The van der Waals surface area contributed by atoms with Crippen LogP contribution in [0.15, 0.2) is 92.5 Å². The largest absolute Gasteiger partial charge is 0.467 e. The Morgan fingerprint density at radius 2 is 2.03 bits per heavy atom. The SMILES string of the molecule is O=C(CSc1nccn1-c1cccc(Cl)c1)N1N=C(c2ccco2)C[C@@H]1c1ccco1. The first-order chi connectivity index (χ1) is 15.2. The number of hydrazone groups is 1. The van der Waals surface area contributed by atoms with Crippen molar-refractivity contribution in [2.75, 3.05) is 5.75 Å². The van der Waals surface area contributed by atoms with E-state index in [1.807, 2.05) is 47.2 Å². The molecule has 1 atom stereocenters. The van der Waals surface area contributed by atoms with Crippen molar-refractivity contribution in [3.63, 3.8) is 0 Å². The smallest absolute Gasteiger partial charge is 0.253 e. The van der Waals surface area contributed by atoms with E-state index >= 15 is 0 Å². The fourth-order valence-electron chi connectivity index (χ4n) is 3.45. The van der Waals surface area contributed by atoms with Gasteiger partial charge in [0.25, 0.3) is 5.91 Å². The van der Waals surface area contributed by atoms with Gasteiger partial charge in [-0.25, -0.2) is 9.99 Å². The number of rotatable bonds is 6. The third-order valence-electron chi connectivity index (χ3n) is 4.86. The molecule has 1 aliphatic heterocycles. The lowest BCUT2D eigenvalue weighted by Crippen LogP contribution is -2.28. The molecule has 4 heterocycles. The molecule has 0 spiro atoms. The minimum Gasteiger partial charge on any atom is -0.467 e. The van der Waals surface area contributed by atoms with E-state index in [2.05, 4.69) is 10.1 Å². The highest BCUT2D eigenvalue weighted by Crippen LogP contribution is 2.34. The minimum atomic E-state index is -0.309. The molecule has 9 heteroatoms. The van der Waals surface area contributed by atoms with Crippen LogP contribution >= 0.6 is 23.4 Å². The van der Waals surface area contributed by atoms with Crippen molar-refractivity contribution in [2.24, 2.45) is 5.10 Å². The molecule has 0 radical (unpaired) electrons. The third-order valence-corrected chi connectivity index (χ3v) is 6.05. The Kier molecular flexibility index (Phi) is 5.40. The maximum absolute atomic E-state index is 13.1. The molecule has 0 unspecified atom stereocenters. The Bertz CT molecular complexity index is 1220. The van der Waals surface area contributed by atoms with Gasteiger partial charge in [-0.2, -0.15) is 5.10 Å². The quantitative estimate of drug-likeness (QED) is 0.376. The lowest BCUT2D eigenvalue weighted by atomic mass is 10.1. The molecular formula is C22H17ClN4O3S. The summed E-state index contributed by atoms with van der Waals surface area (Å²) >= 11 is 7.46. The summed E-state index contributed by atoms with van der Waals surface area (Å²) in [5.74, 6) is 1.36. The topological polar surface area (TPSA) is 76.8 Å². The number of benzene rings is 1. The van der Waals surface area contributed by atoms with Crippen LogP contribution in [0.3, 0.4) is 0 Å². The lowest BCUT2D eigenvalue weighted by Gasteiger charge is -2.19. The number of hydrogen-bond donors (Lipinski definition) is 0. The first kappa shape index (κ1) is 19.7. The van der Waals surface area contributed by atoms with E-state index in [0.29, 0.717) is 33.8 Å². The molecule has 0 N–H and O–H groups in total. The Hall–Kier alpha value is -3.23. The number of thioether (sulfide) groups is 1. The molecule has 0 fully saturated rings. The summed E-state index contributed by atoms with van der Waals surface area (Å²) in [6.45, 7) is 0. The number of nitrogens with zero attached hydrogens (tertiary/aromatic N) is 4. The minimum absolute atomic E-state index is 0.145. The average molecular weight is 453 g/mol. The van der Waals surface area contributed by atoms with Crippen molar-refractivity contribution in [3.05, 3.63) is 90.0 Å². The predicted octanol–water partition coefficient (Wildman–Crippen LogP) is 5.18. The fourth-order valence-corrected chi connectivity index (χ4v) is 4.46. The van der Waals surface area contributed by atoms with Crippen LogP contribution < -0.4 is 0 Å². The Balaban J connectivity index is 1.35. The summed E-state index contributed by atoms with van der Waals surface area (Å²) in [6, 6.07) is 14.5. The average Bonchev–Trinajstić information content (AvgIpc) is 3.56. The number of carbonyl (C=O) groups excluding carboxylic acids is 1. The molecular weight excluding hydrogens is 436 g/mol. The number of halogens is 1. The number of imidazole rings is 1. The molecule has 5 rings (SSSR count). The van der Waals surface area contributed by atoms with Crippen molar-refractivity contribution >= 4 is 35.0 Å². The first-order valence-electron chi connectivity index (χ1n) is 9.58. The standard InChI is InChI=1S/C22H17ClN4O3S/c23-15-4-1-5-16(12-15)26-9-8-24-22(26)31-14-21(28)27-18(20-7-3-11-30-20)13-17(25-27)19-6-2-10-29-19/h1-12,18H,13-14H2/t18-/m1/s1. The molecule has 4 aromatic rings. The molecule has 0 saturated carbocycles. The van der Waals surface area contributed by atoms with Crippen molar-refractivity contribution in [1.82, 2.24) is 14.6 Å². The zero-order chi connectivity index (χ0) is 21.2. The number of hydrogen-bond acceptors (Lipinski definition) is 6. The summed E-state index contributed by atoms with van der Waals surface area (Å²) in [7, 11) is 0. The van der Waals surface area contributed by atoms with Gasteiger partial charge in [-0.3, -0.25) is 9.36 Å².